The Morgan fingerprint density at radius 3 is 2.75 bits per heavy atom. The second-order valence-corrected chi connectivity index (χ2v) is 6.11. The highest BCUT2D eigenvalue weighted by atomic mass is 35.5. The molecule has 110 valence electrons. The zero-order valence-electron chi connectivity index (χ0n) is 11.9. The highest BCUT2D eigenvalue weighted by molar-refractivity contribution is 6.31. The summed E-state index contributed by atoms with van der Waals surface area (Å²) in [5.41, 5.74) is 0.954. The van der Waals surface area contributed by atoms with Crippen LogP contribution in [-0.2, 0) is 11.3 Å². The molecular formula is C15H22ClN3O. The Balaban J connectivity index is 1.69. The third-order valence-electron chi connectivity index (χ3n) is 4.14. The molecule has 4 nitrogen and oxygen atoms in total. The van der Waals surface area contributed by atoms with E-state index in [9.17, 15) is 0 Å². The van der Waals surface area contributed by atoms with Gasteiger partial charge in [0.1, 0.15) is 5.82 Å². The summed E-state index contributed by atoms with van der Waals surface area (Å²) in [6.45, 7) is 2.45. The van der Waals surface area contributed by atoms with Crippen LogP contribution in [0, 0.1) is 0 Å². The average Bonchev–Trinajstić information content (AvgIpc) is 3.31. The van der Waals surface area contributed by atoms with Crippen molar-refractivity contribution in [1.82, 2.24) is 10.3 Å². The van der Waals surface area contributed by atoms with Gasteiger partial charge >= 0.3 is 0 Å². The number of nitrogens with zero attached hydrogens (tertiary/aromatic N) is 2. The zero-order chi connectivity index (χ0) is 13.9. The van der Waals surface area contributed by atoms with Gasteiger partial charge in [-0.25, -0.2) is 4.98 Å². The van der Waals surface area contributed by atoms with Gasteiger partial charge in [0.15, 0.2) is 0 Å². The molecule has 1 aromatic heterocycles. The molecule has 0 unspecified atom stereocenters. The Kier molecular flexibility index (Phi) is 4.44. The average molecular weight is 296 g/mol. The monoisotopic (exact) mass is 295 g/mol. The van der Waals surface area contributed by atoms with Gasteiger partial charge in [-0.2, -0.15) is 0 Å². The number of pyridine rings is 1. The van der Waals surface area contributed by atoms with Gasteiger partial charge in [0, 0.05) is 38.9 Å². The van der Waals surface area contributed by atoms with E-state index >= 15 is 0 Å². The van der Waals surface area contributed by atoms with Gasteiger partial charge in [0.05, 0.1) is 10.7 Å². The standard InChI is InChI=1S/C15H22ClN3O/c1-19(12-6-8-20-9-7-12)15-5-4-13(16)14(18-15)10-17-11-2-3-11/h4-5,11-12,17H,2-3,6-10H2,1H3. The first-order chi connectivity index (χ1) is 9.74. The van der Waals surface area contributed by atoms with Crippen LogP contribution in [0.15, 0.2) is 12.1 Å². The topological polar surface area (TPSA) is 37.4 Å². The highest BCUT2D eigenvalue weighted by Gasteiger charge is 2.22. The van der Waals surface area contributed by atoms with Crippen LogP contribution in [0.1, 0.15) is 31.4 Å². The lowest BCUT2D eigenvalue weighted by molar-refractivity contribution is 0.0853. The third-order valence-corrected chi connectivity index (χ3v) is 4.48. The van der Waals surface area contributed by atoms with Crippen LogP contribution in [0.4, 0.5) is 5.82 Å². The molecule has 5 heteroatoms. The number of nitrogens with one attached hydrogen (secondary N) is 1. The predicted molar refractivity (Wildman–Crippen MR) is 81.4 cm³/mol. The second kappa shape index (κ2) is 6.29. The second-order valence-electron chi connectivity index (χ2n) is 5.71. The summed E-state index contributed by atoms with van der Waals surface area (Å²) in [6.07, 6.45) is 4.69. The molecular weight excluding hydrogens is 274 g/mol. The molecule has 0 spiro atoms. The molecule has 0 amide bonds. The number of rotatable bonds is 5. The predicted octanol–water partition coefficient (Wildman–Crippen LogP) is 2.60. The SMILES string of the molecule is CN(c1ccc(Cl)c(CNC2CC2)n1)C1CCOCC1. The van der Waals surface area contributed by atoms with Gasteiger partial charge < -0.3 is 15.0 Å². The summed E-state index contributed by atoms with van der Waals surface area (Å²) < 4.78 is 5.42. The third kappa shape index (κ3) is 3.43. The van der Waals surface area contributed by atoms with Crippen molar-refractivity contribution in [3.05, 3.63) is 22.8 Å². The van der Waals surface area contributed by atoms with Crippen molar-refractivity contribution in [2.24, 2.45) is 0 Å². The summed E-state index contributed by atoms with van der Waals surface area (Å²) in [6, 6.07) is 5.16. The minimum atomic E-state index is 0.515. The molecule has 0 atom stereocenters. The summed E-state index contributed by atoms with van der Waals surface area (Å²) in [7, 11) is 2.12. The Morgan fingerprint density at radius 2 is 2.05 bits per heavy atom. The first kappa shape index (κ1) is 14.1. The summed E-state index contributed by atoms with van der Waals surface area (Å²) in [4.78, 5) is 7.00. The molecule has 2 fully saturated rings. The molecule has 2 aliphatic rings. The number of hydrogen-bond acceptors (Lipinski definition) is 4. The molecule has 1 N–H and O–H groups in total. The lowest BCUT2D eigenvalue weighted by Crippen LogP contribution is -2.37. The first-order valence-corrected chi connectivity index (χ1v) is 7.81. The summed E-state index contributed by atoms with van der Waals surface area (Å²) >= 11 is 6.25. The molecule has 1 aliphatic carbocycles. The van der Waals surface area contributed by atoms with E-state index in [1.807, 2.05) is 12.1 Å². The number of aromatic nitrogens is 1. The van der Waals surface area contributed by atoms with Crippen LogP contribution >= 0.6 is 11.6 Å². The number of anilines is 1. The van der Waals surface area contributed by atoms with Crippen molar-refractivity contribution in [3.8, 4) is 0 Å². The Morgan fingerprint density at radius 1 is 1.30 bits per heavy atom. The van der Waals surface area contributed by atoms with Crippen LogP contribution < -0.4 is 10.2 Å². The Bertz CT molecular complexity index is 458. The van der Waals surface area contributed by atoms with E-state index in [2.05, 4.69) is 17.3 Å². The minimum absolute atomic E-state index is 0.515. The van der Waals surface area contributed by atoms with Crippen LogP contribution in [0.25, 0.3) is 0 Å². The van der Waals surface area contributed by atoms with Crippen molar-refractivity contribution < 1.29 is 4.74 Å². The van der Waals surface area contributed by atoms with Crippen molar-refractivity contribution in [3.63, 3.8) is 0 Å². The van der Waals surface area contributed by atoms with Crippen LogP contribution in [-0.4, -0.2) is 37.3 Å². The Hall–Kier alpha value is -0.840. The Labute approximate surface area is 125 Å². The maximum absolute atomic E-state index is 6.25. The van der Waals surface area contributed by atoms with E-state index in [0.29, 0.717) is 12.1 Å². The van der Waals surface area contributed by atoms with E-state index < -0.39 is 0 Å². The number of ether oxygens (including phenoxy) is 1. The van der Waals surface area contributed by atoms with Crippen molar-refractivity contribution in [1.29, 1.82) is 0 Å². The van der Waals surface area contributed by atoms with E-state index in [1.54, 1.807) is 0 Å². The van der Waals surface area contributed by atoms with Crippen molar-refractivity contribution in [2.45, 2.75) is 44.3 Å². The molecule has 20 heavy (non-hydrogen) atoms. The van der Waals surface area contributed by atoms with E-state index in [4.69, 9.17) is 21.3 Å². The van der Waals surface area contributed by atoms with Crippen LogP contribution in [0.3, 0.4) is 0 Å². The fourth-order valence-corrected chi connectivity index (χ4v) is 2.75. The van der Waals surface area contributed by atoms with Gasteiger partial charge in [-0.3, -0.25) is 0 Å². The molecule has 1 saturated carbocycles. The van der Waals surface area contributed by atoms with E-state index in [1.165, 1.54) is 12.8 Å². The molecule has 1 aromatic rings. The minimum Gasteiger partial charge on any atom is -0.381 e. The van der Waals surface area contributed by atoms with Crippen molar-refractivity contribution >= 4 is 17.4 Å². The van der Waals surface area contributed by atoms with Gasteiger partial charge in [-0.1, -0.05) is 11.6 Å². The number of halogens is 1. The van der Waals surface area contributed by atoms with Crippen LogP contribution in [0.2, 0.25) is 5.02 Å². The fraction of sp³-hybridized carbons (Fsp3) is 0.667. The van der Waals surface area contributed by atoms with Gasteiger partial charge in [0.25, 0.3) is 0 Å². The number of hydrogen-bond donors (Lipinski definition) is 1. The van der Waals surface area contributed by atoms with E-state index in [0.717, 1.165) is 49.1 Å². The van der Waals surface area contributed by atoms with Crippen molar-refractivity contribution in [2.75, 3.05) is 25.2 Å². The molecule has 0 radical (unpaired) electrons. The lowest BCUT2D eigenvalue weighted by Gasteiger charge is -2.32. The smallest absolute Gasteiger partial charge is 0.128 e. The summed E-state index contributed by atoms with van der Waals surface area (Å²) in [5.74, 6) is 1.01. The molecule has 2 heterocycles. The largest absolute Gasteiger partial charge is 0.381 e. The molecule has 1 saturated heterocycles. The van der Waals surface area contributed by atoms with Gasteiger partial charge in [-0.05, 0) is 37.8 Å². The molecule has 0 aromatic carbocycles. The molecule has 3 rings (SSSR count). The van der Waals surface area contributed by atoms with Gasteiger partial charge in [0.2, 0.25) is 0 Å². The normalized spacial score (nSPS) is 20.1. The lowest BCUT2D eigenvalue weighted by atomic mass is 10.1. The summed E-state index contributed by atoms with van der Waals surface area (Å²) in [5, 5.41) is 4.23. The zero-order valence-corrected chi connectivity index (χ0v) is 12.7. The quantitative estimate of drug-likeness (QED) is 0.906. The van der Waals surface area contributed by atoms with Crippen LogP contribution in [0.5, 0.6) is 0 Å². The first-order valence-electron chi connectivity index (χ1n) is 7.43. The fourth-order valence-electron chi connectivity index (χ4n) is 2.58. The maximum Gasteiger partial charge on any atom is 0.128 e. The maximum atomic E-state index is 6.25. The molecule has 1 aliphatic heterocycles. The van der Waals surface area contributed by atoms with Gasteiger partial charge in [-0.15, -0.1) is 0 Å². The highest BCUT2D eigenvalue weighted by Crippen LogP contribution is 2.24. The van der Waals surface area contributed by atoms with E-state index in [-0.39, 0.29) is 0 Å². The molecule has 0 bridgehead atoms.